The summed E-state index contributed by atoms with van der Waals surface area (Å²) in [5.41, 5.74) is 2.30. The van der Waals surface area contributed by atoms with Crippen molar-refractivity contribution in [1.82, 2.24) is 20.2 Å². The fraction of sp³-hybridized carbons (Fsp3) is 0.591. The van der Waals surface area contributed by atoms with E-state index in [4.69, 9.17) is 10.6 Å². The number of nitrogen functional groups attached to an aromatic ring is 1. The Kier molecular flexibility index (Phi) is 8.01. The molecular formula is C22H33N5O2S. The van der Waals surface area contributed by atoms with E-state index in [9.17, 15) is 4.79 Å². The molecule has 8 heteroatoms. The smallest absolute Gasteiger partial charge is 0.221 e. The van der Waals surface area contributed by atoms with Crippen molar-refractivity contribution in [3.05, 3.63) is 35.2 Å². The average Bonchev–Trinajstić information content (AvgIpc) is 3.06. The van der Waals surface area contributed by atoms with E-state index in [1.165, 1.54) is 35.7 Å². The lowest BCUT2D eigenvalue weighted by Crippen LogP contribution is -2.36. The molecule has 30 heavy (non-hydrogen) atoms. The molecule has 1 aliphatic rings. The minimum Gasteiger partial charge on any atom is -0.485 e. The molecule has 0 aliphatic heterocycles. The third-order valence-electron chi connectivity index (χ3n) is 5.41. The summed E-state index contributed by atoms with van der Waals surface area (Å²) in [4.78, 5) is 12.1. The van der Waals surface area contributed by atoms with Crippen LogP contribution in [0.25, 0.3) is 0 Å². The maximum Gasteiger partial charge on any atom is 0.221 e. The van der Waals surface area contributed by atoms with Crippen LogP contribution in [0.5, 0.6) is 5.75 Å². The van der Waals surface area contributed by atoms with Gasteiger partial charge in [0.2, 0.25) is 11.1 Å². The van der Waals surface area contributed by atoms with E-state index in [-0.39, 0.29) is 12.5 Å². The molecule has 1 heterocycles. The summed E-state index contributed by atoms with van der Waals surface area (Å²) >= 11 is 1.44. The van der Waals surface area contributed by atoms with Crippen molar-refractivity contribution < 1.29 is 9.53 Å². The zero-order valence-corrected chi connectivity index (χ0v) is 19.0. The summed E-state index contributed by atoms with van der Waals surface area (Å²) < 4.78 is 7.46. The number of hydrogen-bond acceptors (Lipinski definition) is 6. The summed E-state index contributed by atoms with van der Waals surface area (Å²) in [6.45, 7) is 6.57. The van der Waals surface area contributed by atoms with Gasteiger partial charge in [-0.1, -0.05) is 57.0 Å². The Morgan fingerprint density at radius 3 is 2.80 bits per heavy atom. The fourth-order valence-electron chi connectivity index (χ4n) is 3.67. The number of nitrogens with zero attached hydrogens (tertiary/aromatic N) is 3. The quantitative estimate of drug-likeness (QED) is 0.461. The number of benzene rings is 1. The van der Waals surface area contributed by atoms with E-state index in [0.717, 1.165) is 29.7 Å². The first-order valence-electron chi connectivity index (χ1n) is 10.8. The van der Waals surface area contributed by atoms with Crippen LogP contribution in [0.15, 0.2) is 23.4 Å². The molecule has 1 aromatic carbocycles. The van der Waals surface area contributed by atoms with Crippen LogP contribution in [0.2, 0.25) is 0 Å². The lowest BCUT2D eigenvalue weighted by Gasteiger charge is -2.22. The third kappa shape index (κ3) is 6.14. The van der Waals surface area contributed by atoms with Crippen LogP contribution in [0.1, 0.15) is 75.2 Å². The van der Waals surface area contributed by atoms with Gasteiger partial charge >= 0.3 is 0 Å². The van der Waals surface area contributed by atoms with Gasteiger partial charge in [0.15, 0.2) is 5.82 Å². The van der Waals surface area contributed by atoms with E-state index in [1.54, 1.807) is 0 Å². The predicted octanol–water partition coefficient (Wildman–Crippen LogP) is 3.93. The maximum atomic E-state index is 12.1. The Morgan fingerprint density at radius 1 is 1.30 bits per heavy atom. The molecule has 0 saturated heterocycles. The lowest BCUT2D eigenvalue weighted by molar-refractivity contribution is -0.121. The van der Waals surface area contributed by atoms with Crippen LogP contribution < -0.4 is 15.9 Å². The minimum absolute atomic E-state index is 0.0988. The molecule has 0 atom stereocenters. The molecule has 0 radical (unpaired) electrons. The molecule has 0 unspecified atom stereocenters. The van der Waals surface area contributed by atoms with Gasteiger partial charge in [0.25, 0.3) is 0 Å². The third-order valence-corrected chi connectivity index (χ3v) is 6.36. The molecule has 0 spiro atoms. The summed E-state index contributed by atoms with van der Waals surface area (Å²) in [6, 6.07) is 6.57. The zero-order valence-electron chi connectivity index (χ0n) is 18.2. The second-order valence-corrected chi connectivity index (χ2v) is 9.32. The number of aryl methyl sites for hydroxylation is 1. The molecule has 1 saturated carbocycles. The Balaban J connectivity index is 1.49. The van der Waals surface area contributed by atoms with Gasteiger partial charge in [0.05, 0.1) is 0 Å². The van der Waals surface area contributed by atoms with E-state index in [0.29, 0.717) is 35.1 Å². The van der Waals surface area contributed by atoms with Crippen molar-refractivity contribution in [3.8, 4) is 5.75 Å². The molecule has 2 aromatic rings. The number of carbonyl (C=O) groups is 1. The number of nitrogens with two attached hydrogens (primary N) is 1. The Morgan fingerprint density at radius 2 is 2.07 bits per heavy atom. The lowest BCUT2D eigenvalue weighted by atomic mass is 9.95. The van der Waals surface area contributed by atoms with E-state index in [1.807, 2.05) is 13.0 Å². The molecule has 3 rings (SSSR count). The van der Waals surface area contributed by atoms with Crippen molar-refractivity contribution in [2.75, 3.05) is 11.6 Å². The standard InChI is InChI=1S/C22H33N5O2S/c1-15(2)18-10-9-16(3)13-19(18)29-14-20-25-26-22(27(20)23)30-12-11-21(28)24-17-7-5-4-6-8-17/h9-10,13,15,17H,4-8,11-12,14,23H2,1-3H3,(H,24,28). The highest BCUT2D eigenvalue weighted by Crippen LogP contribution is 2.28. The van der Waals surface area contributed by atoms with Crippen LogP contribution in [0.3, 0.4) is 0 Å². The van der Waals surface area contributed by atoms with E-state index in [2.05, 4.69) is 41.5 Å². The number of hydrogen-bond donors (Lipinski definition) is 2. The first-order chi connectivity index (χ1) is 14.4. The molecule has 7 nitrogen and oxygen atoms in total. The monoisotopic (exact) mass is 431 g/mol. The molecule has 1 aliphatic carbocycles. The van der Waals surface area contributed by atoms with Crippen molar-refractivity contribution in [3.63, 3.8) is 0 Å². The molecule has 1 aromatic heterocycles. The number of ether oxygens (including phenoxy) is 1. The number of carbonyl (C=O) groups excluding carboxylic acids is 1. The second kappa shape index (κ2) is 10.7. The van der Waals surface area contributed by atoms with Gasteiger partial charge in [0, 0.05) is 18.2 Å². The van der Waals surface area contributed by atoms with Gasteiger partial charge in [-0.3, -0.25) is 4.79 Å². The van der Waals surface area contributed by atoms with E-state index >= 15 is 0 Å². The Bertz CT molecular complexity index is 846. The fourth-order valence-corrected chi connectivity index (χ4v) is 4.48. The number of nitrogens with one attached hydrogen (secondary N) is 1. The molecular weight excluding hydrogens is 398 g/mol. The largest absolute Gasteiger partial charge is 0.485 e. The number of thioether (sulfide) groups is 1. The van der Waals surface area contributed by atoms with E-state index < -0.39 is 0 Å². The van der Waals surface area contributed by atoms with Crippen LogP contribution in [0, 0.1) is 6.92 Å². The molecule has 3 N–H and O–H groups in total. The minimum atomic E-state index is 0.0988. The van der Waals surface area contributed by atoms with Gasteiger partial charge in [-0.2, -0.15) is 0 Å². The van der Waals surface area contributed by atoms with Crippen LogP contribution in [-0.4, -0.2) is 32.6 Å². The molecule has 1 amide bonds. The first-order valence-corrected chi connectivity index (χ1v) is 11.8. The summed E-state index contributed by atoms with van der Waals surface area (Å²) in [5.74, 6) is 8.63. The summed E-state index contributed by atoms with van der Waals surface area (Å²) in [6.07, 6.45) is 6.34. The van der Waals surface area contributed by atoms with Crippen molar-refractivity contribution in [2.24, 2.45) is 0 Å². The van der Waals surface area contributed by atoms with Gasteiger partial charge in [-0.25, -0.2) is 4.68 Å². The van der Waals surface area contributed by atoms with Gasteiger partial charge in [-0.05, 0) is 42.9 Å². The van der Waals surface area contributed by atoms with Crippen molar-refractivity contribution >= 4 is 17.7 Å². The highest BCUT2D eigenvalue weighted by atomic mass is 32.2. The number of rotatable bonds is 9. The van der Waals surface area contributed by atoms with Crippen LogP contribution in [0.4, 0.5) is 0 Å². The van der Waals surface area contributed by atoms with Gasteiger partial charge < -0.3 is 15.9 Å². The average molecular weight is 432 g/mol. The SMILES string of the molecule is Cc1ccc(C(C)C)c(OCc2nnc(SCCC(=O)NC3CCCCC3)n2N)c1. The molecule has 0 bridgehead atoms. The van der Waals surface area contributed by atoms with Crippen molar-refractivity contribution in [1.29, 1.82) is 0 Å². The Hall–Kier alpha value is -2.22. The van der Waals surface area contributed by atoms with Crippen molar-refractivity contribution in [2.45, 2.75) is 83.0 Å². The molecule has 164 valence electrons. The predicted molar refractivity (Wildman–Crippen MR) is 120 cm³/mol. The highest BCUT2D eigenvalue weighted by Gasteiger charge is 2.17. The van der Waals surface area contributed by atoms with Gasteiger partial charge in [0.1, 0.15) is 12.4 Å². The topological polar surface area (TPSA) is 95.1 Å². The summed E-state index contributed by atoms with van der Waals surface area (Å²) in [7, 11) is 0. The maximum absolute atomic E-state index is 12.1. The zero-order chi connectivity index (χ0) is 21.5. The highest BCUT2D eigenvalue weighted by molar-refractivity contribution is 7.99. The summed E-state index contributed by atoms with van der Waals surface area (Å²) in [5, 5.41) is 12.0. The van der Waals surface area contributed by atoms with Crippen LogP contribution >= 0.6 is 11.8 Å². The number of aromatic nitrogens is 3. The first kappa shape index (κ1) is 22.5. The normalized spacial score (nSPS) is 14.8. The Labute approximate surface area is 183 Å². The molecule has 1 fully saturated rings. The second-order valence-electron chi connectivity index (χ2n) is 8.25. The van der Waals surface area contributed by atoms with Gasteiger partial charge in [-0.15, -0.1) is 10.2 Å². The number of amides is 1. The van der Waals surface area contributed by atoms with Crippen LogP contribution in [-0.2, 0) is 11.4 Å².